The van der Waals surface area contributed by atoms with Gasteiger partial charge in [-0.05, 0) is 48.4 Å². The first-order valence-corrected chi connectivity index (χ1v) is 11.1. The molecule has 35 heavy (non-hydrogen) atoms. The van der Waals surface area contributed by atoms with E-state index in [0.717, 1.165) is 25.0 Å². The van der Waals surface area contributed by atoms with Crippen LogP contribution in [0, 0.1) is 17.7 Å². The van der Waals surface area contributed by atoms with Crippen LogP contribution in [0.15, 0.2) is 30.5 Å². The van der Waals surface area contributed by atoms with Gasteiger partial charge in [0.05, 0.1) is 18.4 Å². The van der Waals surface area contributed by atoms with E-state index in [1.54, 1.807) is 16.0 Å². The molecule has 2 aliphatic rings. The van der Waals surface area contributed by atoms with E-state index in [9.17, 15) is 27.2 Å². The number of likely N-dealkylation sites (tertiary alicyclic amines) is 2. The van der Waals surface area contributed by atoms with Crippen LogP contribution in [-0.2, 0) is 11.3 Å². The van der Waals surface area contributed by atoms with Crippen LogP contribution in [0.4, 0.5) is 22.4 Å². The molecule has 9 nitrogen and oxygen atoms in total. The number of carbonyl (C=O) groups is 2. The molecule has 1 aromatic heterocycles. The number of aromatic amines is 1. The number of fused-ring (bicyclic) bond motifs is 1. The number of carbonyl (C=O) groups excluding carboxylic acids is 2. The molecule has 3 heterocycles. The Kier molecular flexibility index (Phi) is 7.22. The number of rotatable bonds is 5. The van der Waals surface area contributed by atoms with Gasteiger partial charge in [0.15, 0.2) is 11.6 Å². The van der Waals surface area contributed by atoms with Gasteiger partial charge in [0.1, 0.15) is 0 Å². The van der Waals surface area contributed by atoms with Crippen molar-refractivity contribution in [2.75, 3.05) is 26.2 Å². The van der Waals surface area contributed by atoms with Crippen LogP contribution in [0.3, 0.4) is 0 Å². The van der Waals surface area contributed by atoms with Gasteiger partial charge < -0.3 is 19.9 Å². The zero-order valence-corrected chi connectivity index (χ0v) is 18.6. The second-order valence-corrected chi connectivity index (χ2v) is 8.54. The molecule has 2 aliphatic heterocycles. The van der Waals surface area contributed by atoms with E-state index in [0.29, 0.717) is 38.4 Å². The molecule has 2 atom stereocenters. The van der Waals surface area contributed by atoms with E-state index in [1.807, 2.05) is 0 Å². The van der Waals surface area contributed by atoms with Crippen molar-refractivity contribution >= 4 is 18.0 Å². The first-order chi connectivity index (χ1) is 16.7. The van der Waals surface area contributed by atoms with Gasteiger partial charge in [-0.25, -0.2) is 9.18 Å². The minimum absolute atomic E-state index is 0.151. The van der Waals surface area contributed by atoms with E-state index in [1.165, 1.54) is 18.2 Å². The highest BCUT2D eigenvalue weighted by Crippen LogP contribution is 2.32. The number of hydrogen-bond acceptors (Lipinski definition) is 5. The lowest BCUT2D eigenvalue weighted by Gasteiger charge is -2.21. The van der Waals surface area contributed by atoms with Crippen LogP contribution in [0.2, 0.25) is 0 Å². The van der Waals surface area contributed by atoms with Gasteiger partial charge in [0.25, 0.3) is 0 Å². The Morgan fingerprint density at radius 2 is 1.89 bits per heavy atom. The Balaban J connectivity index is 1.26. The lowest BCUT2D eigenvalue weighted by molar-refractivity contribution is -0.275. The summed E-state index contributed by atoms with van der Waals surface area (Å²) in [6, 6.07) is 2.83. The molecule has 4 rings (SSSR count). The molecule has 0 bridgehead atoms. The molecule has 1 unspecified atom stereocenters. The third-order valence-electron chi connectivity index (χ3n) is 6.21. The van der Waals surface area contributed by atoms with Crippen LogP contribution in [0.25, 0.3) is 6.08 Å². The largest absolute Gasteiger partial charge is 0.573 e. The maximum atomic E-state index is 13.9. The van der Waals surface area contributed by atoms with Crippen LogP contribution in [-0.4, -0.2) is 69.7 Å². The van der Waals surface area contributed by atoms with Crippen LogP contribution in [0.1, 0.15) is 24.1 Å². The maximum Gasteiger partial charge on any atom is 0.573 e. The van der Waals surface area contributed by atoms with Gasteiger partial charge >= 0.3 is 12.4 Å². The number of alkyl halides is 3. The maximum absolute atomic E-state index is 13.9. The Morgan fingerprint density at radius 1 is 1.17 bits per heavy atom. The van der Waals surface area contributed by atoms with Crippen LogP contribution < -0.4 is 10.1 Å². The summed E-state index contributed by atoms with van der Waals surface area (Å²) < 4.78 is 54.3. The zero-order valence-electron chi connectivity index (χ0n) is 18.6. The smallest absolute Gasteiger partial charge is 0.403 e. The minimum atomic E-state index is -4.99. The Hall–Kier alpha value is -3.64. The first-order valence-electron chi connectivity index (χ1n) is 11.1. The lowest BCUT2D eigenvalue weighted by atomic mass is 9.92. The summed E-state index contributed by atoms with van der Waals surface area (Å²) in [6.45, 7) is 2.58. The van der Waals surface area contributed by atoms with E-state index < -0.39 is 17.9 Å². The Morgan fingerprint density at radius 3 is 2.49 bits per heavy atom. The summed E-state index contributed by atoms with van der Waals surface area (Å²) in [5.41, 5.74) is 0.951. The number of urea groups is 1. The molecule has 0 saturated carbocycles. The fraction of sp³-hybridized carbons (Fsp3) is 0.455. The van der Waals surface area contributed by atoms with E-state index >= 15 is 0 Å². The van der Waals surface area contributed by atoms with Crippen molar-refractivity contribution in [3.63, 3.8) is 0 Å². The molecular formula is C22H24F4N6O3. The molecule has 0 aliphatic carbocycles. The molecule has 2 fully saturated rings. The van der Waals surface area contributed by atoms with Gasteiger partial charge in [0.2, 0.25) is 5.91 Å². The topological polar surface area (TPSA) is 103 Å². The van der Waals surface area contributed by atoms with Gasteiger partial charge in [-0.15, -0.1) is 18.3 Å². The number of benzene rings is 1. The summed E-state index contributed by atoms with van der Waals surface area (Å²) in [5.74, 6) is -1.79. The predicted molar refractivity (Wildman–Crippen MR) is 115 cm³/mol. The number of nitrogens with zero attached hydrogens (tertiary/aromatic N) is 4. The number of hydrogen-bond donors (Lipinski definition) is 2. The predicted octanol–water partition coefficient (Wildman–Crippen LogP) is 2.94. The molecule has 3 amide bonds. The summed E-state index contributed by atoms with van der Waals surface area (Å²) in [4.78, 5) is 28.6. The highest BCUT2D eigenvalue weighted by atomic mass is 19.4. The lowest BCUT2D eigenvalue weighted by Crippen LogP contribution is -2.39. The van der Waals surface area contributed by atoms with Crippen molar-refractivity contribution < 1.29 is 31.9 Å². The van der Waals surface area contributed by atoms with Crippen molar-refractivity contribution in [2.45, 2.75) is 25.7 Å². The fourth-order valence-electron chi connectivity index (χ4n) is 4.42. The van der Waals surface area contributed by atoms with Gasteiger partial charge in [0, 0.05) is 32.3 Å². The van der Waals surface area contributed by atoms with Crippen LogP contribution >= 0.6 is 0 Å². The molecular weight excluding hydrogens is 472 g/mol. The van der Waals surface area contributed by atoms with Crippen molar-refractivity contribution in [1.82, 2.24) is 30.5 Å². The first kappa shape index (κ1) is 24.5. The van der Waals surface area contributed by atoms with Crippen LogP contribution in [0.5, 0.6) is 5.75 Å². The number of nitrogens with one attached hydrogen (secondary N) is 2. The van der Waals surface area contributed by atoms with Gasteiger partial charge in [-0.1, -0.05) is 11.3 Å². The normalized spacial score (nSPS) is 20.6. The molecule has 1 aromatic carbocycles. The molecule has 0 spiro atoms. The SMILES string of the molecule is O=C(/C=C/c1ccc(OC(F)(F)F)c(F)c1)N1CCC2CN(C(=O)NCc3cnn[nH]3)C[C@H]2CC1. The zero-order chi connectivity index (χ0) is 25.0. The van der Waals surface area contributed by atoms with Crippen molar-refractivity contribution in [2.24, 2.45) is 11.8 Å². The molecule has 2 aromatic rings. The third-order valence-corrected chi connectivity index (χ3v) is 6.21. The standard InChI is InChI=1S/C22H24F4N6O3/c23-18-9-14(1-3-19(18)35-22(24,25)26)2-4-20(33)31-7-5-15-12-32(13-16(15)6-8-31)21(34)27-10-17-11-28-30-29-17/h1-4,9,11,15-16H,5-8,10,12-13H2,(H,27,34)(H,28,29,30)/b4-2+/t15-,16?/m1/s1. The highest BCUT2D eigenvalue weighted by molar-refractivity contribution is 5.91. The number of aromatic nitrogens is 3. The number of H-pyrrole nitrogens is 1. The summed E-state index contributed by atoms with van der Waals surface area (Å²) in [5, 5.41) is 12.8. The van der Waals surface area contributed by atoms with E-state index in [-0.39, 0.29) is 29.3 Å². The van der Waals surface area contributed by atoms with Crippen molar-refractivity contribution in [1.29, 1.82) is 0 Å². The third kappa shape index (κ3) is 6.49. The fourth-order valence-corrected chi connectivity index (χ4v) is 4.42. The summed E-state index contributed by atoms with van der Waals surface area (Å²) in [7, 11) is 0. The van der Waals surface area contributed by atoms with Gasteiger partial charge in [-0.3, -0.25) is 9.89 Å². The molecule has 188 valence electrons. The average Bonchev–Trinajstić information content (AvgIpc) is 3.43. The number of ether oxygens (including phenoxy) is 1. The van der Waals surface area contributed by atoms with E-state index in [2.05, 4.69) is 25.5 Å². The quantitative estimate of drug-likeness (QED) is 0.490. The monoisotopic (exact) mass is 496 g/mol. The second-order valence-electron chi connectivity index (χ2n) is 8.54. The number of halogens is 4. The molecule has 2 N–H and O–H groups in total. The number of amides is 3. The van der Waals surface area contributed by atoms with Crippen molar-refractivity contribution in [3.8, 4) is 5.75 Å². The second kappa shape index (κ2) is 10.3. The highest BCUT2D eigenvalue weighted by Gasteiger charge is 2.37. The Labute approximate surface area is 198 Å². The minimum Gasteiger partial charge on any atom is -0.403 e. The molecule has 13 heteroatoms. The summed E-state index contributed by atoms with van der Waals surface area (Å²) >= 11 is 0. The Bertz CT molecular complexity index is 1060. The van der Waals surface area contributed by atoms with Gasteiger partial charge in [-0.2, -0.15) is 0 Å². The van der Waals surface area contributed by atoms with Crippen molar-refractivity contribution in [3.05, 3.63) is 47.5 Å². The summed E-state index contributed by atoms with van der Waals surface area (Å²) in [6.07, 6.45) is 0.688. The molecule has 2 saturated heterocycles. The van der Waals surface area contributed by atoms with E-state index in [4.69, 9.17) is 0 Å². The molecule has 0 radical (unpaired) electrons. The average molecular weight is 496 g/mol.